The minimum absolute atomic E-state index is 0.0568. The summed E-state index contributed by atoms with van der Waals surface area (Å²) < 4.78 is 0. The average Bonchev–Trinajstić information content (AvgIpc) is 2.88. The maximum Gasteiger partial charge on any atom is 0.303 e. The van der Waals surface area contributed by atoms with Gasteiger partial charge in [-0.3, -0.25) is 9.59 Å². The number of aliphatic hydroxyl groups is 2. The molecule has 0 aliphatic heterocycles. The highest BCUT2D eigenvalue weighted by atomic mass is 16.4. The molecule has 0 aromatic heterocycles. The van der Waals surface area contributed by atoms with Crippen LogP contribution in [-0.4, -0.2) is 39.3 Å². The van der Waals surface area contributed by atoms with Crippen LogP contribution in [0.15, 0.2) is 24.3 Å². The van der Waals surface area contributed by atoms with Gasteiger partial charge < -0.3 is 15.3 Å². The molecule has 5 nitrogen and oxygen atoms in total. The number of Topliss-reactive ketones (excluding diaryl/α,β-unsaturated/α-hetero) is 1. The number of carboxylic acids is 1. The summed E-state index contributed by atoms with van der Waals surface area (Å²) in [4.78, 5) is 22.6. The SMILES string of the molecule is CCCCCCCC(O)/C=C/C1C(O)CC(=O)C1C/C=C/CCCC(=O)O. The lowest BCUT2D eigenvalue weighted by Crippen LogP contribution is -2.18. The molecule has 1 fully saturated rings. The maximum absolute atomic E-state index is 12.2. The fourth-order valence-corrected chi connectivity index (χ4v) is 3.57. The number of unbranched alkanes of at least 4 members (excludes halogenated alkanes) is 5. The van der Waals surface area contributed by atoms with Gasteiger partial charge in [0.25, 0.3) is 0 Å². The van der Waals surface area contributed by atoms with Crippen LogP contribution in [0.3, 0.4) is 0 Å². The largest absolute Gasteiger partial charge is 0.481 e. The molecule has 0 heterocycles. The van der Waals surface area contributed by atoms with Crippen LogP contribution in [0.5, 0.6) is 0 Å². The smallest absolute Gasteiger partial charge is 0.303 e. The molecule has 0 aromatic carbocycles. The first-order valence-electron chi connectivity index (χ1n) is 10.4. The van der Waals surface area contributed by atoms with Gasteiger partial charge in [0, 0.05) is 24.7 Å². The van der Waals surface area contributed by atoms with Crippen LogP contribution in [0.1, 0.15) is 77.6 Å². The molecule has 1 aliphatic rings. The van der Waals surface area contributed by atoms with E-state index < -0.39 is 18.2 Å². The Hall–Kier alpha value is -1.46. The first-order chi connectivity index (χ1) is 13.0. The Labute approximate surface area is 163 Å². The third kappa shape index (κ3) is 9.87. The number of aliphatic hydroxyl groups excluding tert-OH is 2. The number of carbonyl (C=O) groups is 2. The monoisotopic (exact) mass is 380 g/mol. The molecule has 0 saturated heterocycles. The standard InChI is InChI=1S/C22H36O5/c1-2-3-4-5-8-11-17(23)14-15-19-18(20(24)16-21(19)25)12-9-6-7-10-13-22(26)27/h6,9,14-15,17-19,21,23,25H,2-5,7-8,10-13,16H2,1H3,(H,26,27)/b9-6+,15-14+. The van der Waals surface area contributed by atoms with E-state index in [1.807, 2.05) is 18.2 Å². The van der Waals surface area contributed by atoms with Crippen molar-refractivity contribution in [3.63, 3.8) is 0 Å². The van der Waals surface area contributed by atoms with Gasteiger partial charge in [0.2, 0.25) is 0 Å². The first kappa shape index (κ1) is 23.6. The van der Waals surface area contributed by atoms with E-state index >= 15 is 0 Å². The number of carboxylic acid groups (broad SMARTS) is 1. The van der Waals surface area contributed by atoms with E-state index in [2.05, 4.69) is 6.92 Å². The molecule has 4 unspecified atom stereocenters. The van der Waals surface area contributed by atoms with E-state index in [9.17, 15) is 19.8 Å². The van der Waals surface area contributed by atoms with E-state index in [1.165, 1.54) is 19.3 Å². The van der Waals surface area contributed by atoms with E-state index in [1.54, 1.807) is 6.08 Å². The van der Waals surface area contributed by atoms with Gasteiger partial charge in [0.05, 0.1) is 12.2 Å². The van der Waals surface area contributed by atoms with Crippen LogP contribution in [-0.2, 0) is 9.59 Å². The lowest BCUT2D eigenvalue weighted by molar-refractivity contribution is -0.137. The summed E-state index contributed by atoms with van der Waals surface area (Å²) in [6, 6.07) is 0. The molecule has 0 amide bonds. The predicted octanol–water partition coefficient (Wildman–Crippen LogP) is 4.03. The third-order valence-electron chi connectivity index (χ3n) is 5.21. The van der Waals surface area contributed by atoms with Crippen molar-refractivity contribution >= 4 is 11.8 Å². The summed E-state index contributed by atoms with van der Waals surface area (Å²) in [6.45, 7) is 2.17. The van der Waals surface area contributed by atoms with Gasteiger partial charge in [-0.25, -0.2) is 0 Å². The average molecular weight is 381 g/mol. The van der Waals surface area contributed by atoms with Crippen LogP contribution in [0.2, 0.25) is 0 Å². The highest BCUT2D eigenvalue weighted by Crippen LogP contribution is 2.33. The summed E-state index contributed by atoms with van der Waals surface area (Å²) in [6.07, 6.45) is 14.7. The Morgan fingerprint density at radius 3 is 2.63 bits per heavy atom. The summed E-state index contributed by atoms with van der Waals surface area (Å²) in [7, 11) is 0. The van der Waals surface area contributed by atoms with Crippen molar-refractivity contribution in [1.82, 2.24) is 0 Å². The van der Waals surface area contributed by atoms with Crippen molar-refractivity contribution in [3.8, 4) is 0 Å². The van der Waals surface area contributed by atoms with E-state index in [-0.39, 0.29) is 30.5 Å². The topological polar surface area (TPSA) is 94.8 Å². The number of aliphatic carboxylic acids is 1. The Morgan fingerprint density at radius 1 is 1.19 bits per heavy atom. The molecule has 0 spiro atoms. The van der Waals surface area contributed by atoms with E-state index in [4.69, 9.17) is 5.11 Å². The first-order valence-corrected chi connectivity index (χ1v) is 10.4. The molecule has 27 heavy (non-hydrogen) atoms. The summed E-state index contributed by atoms with van der Waals surface area (Å²) in [5.41, 5.74) is 0. The van der Waals surface area contributed by atoms with Gasteiger partial charge in [-0.05, 0) is 25.7 Å². The normalized spacial score (nSPS) is 24.3. The Balaban J connectivity index is 2.42. The Bertz CT molecular complexity index is 497. The second-order valence-corrected chi connectivity index (χ2v) is 7.57. The lowest BCUT2D eigenvalue weighted by atomic mass is 9.90. The van der Waals surface area contributed by atoms with Crippen LogP contribution < -0.4 is 0 Å². The molecule has 0 aromatic rings. The lowest BCUT2D eigenvalue weighted by Gasteiger charge is -2.16. The zero-order chi connectivity index (χ0) is 20.1. The number of ketones is 1. The number of hydrogen-bond acceptors (Lipinski definition) is 4. The van der Waals surface area contributed by atoms with E-state index in [0.29, 0.717) is 25.7 Å². The maximum atomic E-state index is 12.2. The molecule has 4 atom stereocenters. The predicted molar refractivity (Wildman–Crippen MR) is 106 cm³/mol. The highest BCUT2D eigenvalue weighted by Gasteiger charge is 2.39. The zero-order valence-electron chi connectivity index (χ0n) is 16.6. The number of allylic oxidation sites excluding steroid dienone is 2. The van der Waals surface area contributed by atoms with Crippen molar-refractivity contribution in [1.29, 1.82) is 0 Å². The van der Waals surface area contributed by atoms with Crippen LogP contribution >= 0.6 is 0 Å². The Morgan fingerprint density at radius 2 is 1.93 bits per heavy atom. The molecule has 154 valence electrons. The van der Waals surface area contributed by atoms with Gasteiger partial charge in [0.15, 0.2) is 0 Å². The fourth-order valence-electron chi connectivity index (χ4n) is 3.57. The molecule has 1 aliphatic carbocycles. The van der Waals surface area contributed by atoms with Gasteiger partial charge in [-0.15, -0.1) is 0 Å². The van der Waals surface area contributed by atoms with Gasteiger partial charge >= 0.3 is 5.97 Å². The van der Waals surface area contributed by atoms with Crippen molar-refractivity contribution < 1.29 is 24.9 Å². The second kappa shape index (κ2) is 13.7. The van der Waals surface area contributed by atoms with Crippen molar-refractivity contribution in [2.45, 2.75) is 89.8 Å². The quantitative estimate of drug-likeness (QED) is 0.312. The van der Waals surface area contributed by atoms with Crippen molar-refractivity contribution in [2.24, 2.45) is 11.8 Å². The fraction of sp³-hybridized carbons (Fsp3) is 0.727. The zero-order valence-corrected chi connectivity index (χ0v) is 16.6. The second-order valence-electron chi connectivity index (χ2n) is 7.57. The molecule has 0 radical (unpaired) electrons. The summed E-state index contributed by atoms with van der Waals surface area (Å²) in [5, 5.41) is 28.9. The van der Waals surface area contributed by atoms with E-state index in [0.717, 1.165) is 12.8 Å². The van der Waals surface area contributed by atoms with Crippen LogP contribution in [0.25, 0.3) is 0 Å². The molecular weight excluding hydrogens is 344 g/mol. The van der Waals surface area contributed by atoms with Crippen LogP contribution in [0.4, 0.5) is 0 Å². The summed E-state index contributed by atoms with van der Waals surface area (Å²) >= 11 is 0. The highest BCUT2D eigenvalue weighted by molar-refractivity contribution is 5.84. The molecule has 5 heteroatoms. The molecule has 1 rings (SSSR count). The van der Waals surface area contributed by atoms with Crippen molar-refractivity contribution in [3.05, 3.63) is 24.3 Å². The number of hydrogen-bond donors (Lipinski definition) is 3. The van der Waals surface area contributed by atoms with Crippen molar-refractivity contribution in [2.75, 3.05) is 0 Å². The minimum atomic E-state index is -0.799. The molecular formula is C22H36O5. The molecule has 0 bridgehead atoms. The van der Waals surface area contributed by atoms with Gasteiger partial charge in [-0.1, -0.05) is 63.3 Å². The van der Waals surface area contributed by atoms with Gasteiger partial charge in [0.1, 0.15) is 5.78 Å². The Kier molecular flexibility index (Phi) is 11.9. The number of rotatable bonds is 14. The minimum Gasteiger partial charge on any atom is -0.481 e. The molecule has 1 saturated carbocycles. The number of carbonyl (C=O) groups excluding carboxylic acids is 1. The molecule has 3 N–H and O–H groups in total. The van der Waals surface area contributed by atoms with Gasteiger partial charge in [-0.2, -0.15) is 0 Å². The third-order valence-corrected chi connectivity index (χ3v) is 5.21. The van der Waals surface area contributed by atoms with Crippen LogP contribution in [0, 0.1) is 11.8 Å². The summed E-state index contributed by atoms with van der Waals surface area (Å²) in [5.74, 6) is -1.26.